The van der Waals surface area contributed by atoms with Crippen LogP contribution < -0.4 is 29.6 Å². The van der Waals surface area contributed by atoms with Crippen molar-refractivity contribution in [1.29, 1.82) is 0 Å². The number of sulfonamides is 2. The van der Waals surface area contributed by atoms with Crippen LogP contribution in [0.2, 0.25) is 0 Å². The molecular formula is C28H28N4O8S2. The normalized spacial score (nSPS) is 11.6. The van der Waals surface area contributed by atoms with E-state index in [1.807, 2.05) is 0 Å². The number of nitrogens with zero attached hydrogens (tertiary/aromatic N) is 2. The van der Waals surface area contributed by atoms with Crippen LogP contribution in [-0.4, -0.2) is 56.0 Å². The molecule has 0 bridgehead atoms. The van der Waals surface area contributed by atoms with E-state index >= 15 is 0 Å². The first kappa shape index (κ1) is 30.1. The molecule has 42 heavy (non-hydrogen) atoms. The third kappa shape index (κ3) is 6.09. The van der Waals surface area contributed by atoms with Crippen LogP contribution in [0.25, 0.3) is 10.8 Å². The largest absolute Gasteiger partial charge is 0.497 e. The van der Waals surface area contributed by atoms with E-state index in [9.17, 15) is 26.4 Å². The summed E-state index contributed by atoms with van der Waals surface area (Å²) in [6.45, 7) is -1.52. The third-order valence-electron chi connectivity index (χ3n) is 6.28. The van der Waals surface area contributed by atoms with E-state index in [2.05, 4.69) is 0 Å². The molecule has 4 aromatic rings. The van der Waals surface area contributed by atoms with Crippen molar-refractivity contribution in [3.05, 3.63) is 84.9 Å². The molecule has 0 unspecified atom stereocenters. The fraction of sp³-hybridized carbons (Fsp3) is 0.143. The van der Waals surface area contributed by atoms with Gasteiger partial charge in [-0.15, -0.1) is 0 Å². The Balaban J connectivity index is 1.97. The summed E-state index contributed by atoms with van der Waals surface area (Å²) in [5.41, 5.74) is 10.8. The number of carbonyl (C=O) groups excluding carboxylic acids is 2. The molecule has 0 aliphatic carbocycles. The summed E-state index contributed by atoms with van der Waals surface area (Å²) in [7, 11) is -5.97. The van der Waals surface area contributed by atoms with E-state index < -0.39 is 45.0 Å². The molecule has 0 saturated carbocycles. The second kappa shape index (κ2) is 12.0. The van der Waals surface area contributed by atoms with Gasteiger partial charge in [0, 0.05) is 5.39 Å². The lowest BCUT2D eigenvalue weighted by molar-refractivity contribution is -0.117. The van der Waals surface area contributed by atoms with Crippen molar-refractivity contribution in [3.8, 4) is 11.5 Å². The van der Waals surface area contributed by atoms with Crippen LogP contribution in [0.1, 0.15) is 0 Å². The molecule has 0 aromatic heterocycles. The molecule has 14 heteroatoms. The van der Waals surface area contributed by atoms with Gasteiger partial charge in [-0.05, 0) is 66.0 Å². The molecule has 0 aliphatic rings. The van der Waals surface area contributed by atoms with Crippen molar-refractivity contribution in [2.75, 3.05) is 35.9 Å². The number of carbonyl (C=O) groups is 2. The Labute approximate surface area is 243 Å². The Morgan fingerprint density at radius 2 is 1.12 bits per heavy atom. The molecule has 0 saturated heterocycles. The Kier molecular flexibility index (Phi) is 8.59. The molecule has 2 amide bonds. The van der Waals surface area contributed by atoms with Gasteiger partial charge in [0.25, 0.3) is 20.0 Å². The van der Waals surface area contributed by atoms with Gasteiger partial charge in [-0.1, -0.05) is 24.3 Å². The van der Waals surface area contributed by atoms with E-state index in [1.165, 1.54) is 74.9 Å². The van der Waals surface area contributed by atoms with Crippen LogP contribution in [0.5, 0.6) is 11.5 Å². The summed E-state index contributed by atoms with van der Waals surface area (Å²) in [5, 5.41) is 0.796. The molecule has 4 rings (SSSR count). The van der Waals surface area contributed by atoms with Gasteiger partial charge in [0.1, 0.15) is 24.6 Å². The van der Waals surface area contributed by atoms with Crippen molar-refractivity contribution in [2.24, 2.45) is 11.5 Å². The minimum atomic E-state index is -4.42. The minimum Gasteiger partial charge on any atom is -0.497 e. The van der Waals surface area contributed by atoms with Crippen LogP contribution in [0.4, 0.5) is 11.4 Å². The zero-order valence-corrected chi connectivity index (χ0v) is 24.3. The Morgan fingerprint density at radius 1 is 0.667 bits per heavy atom. The molecule has 4 aromatic carbocycles. The summed E-state index contributed by atoms with van der Waals surface area (Å²) in [5.74, 6) is -1.09. The molecule has 0 spiro atoms. The molecule has 0 aliphatic heterocycles. The first-order valence-electron chi connectivity index (χ1n) is 12.3. The third-order valence-corrected chi connectivity index (χ3v) is 9.84. The lowest BCUT2D eigenvalue weighted by Crippen LogP contribution is -2.40. The number of amides is 2. The maximum Gasteiger partial charge on any atom is 0.264 e. The number of anilines is 2. The summed E-state index contributed by atoms with van der Waals surface area (Å²) >= 11 is 0. The second-order valence-corrected chi connectivity index (χ2v) is 12.7. The highest BCUT2D eigenvalue weighted by atomic mass is 32.2. The number of benzene rings is 4. The SMILES string of the molecule is COc1ccc(S(=O)(=O)N(CC(N)=O)c2cc(N(CC(N)=O)S(=O)(=O)c3ccc(OC)cc3)c3ccccc3c2)cc1. The lowest BCUT2D eigenvalue weighted by Gasteiger charge is -2.28. The van der Waals surface area contributed by atoms with Crippen molar-refractivity contribution >= 4 is 54.0 Å². The number of ether oxygens (including phenoxy) is 2. The number of methoxy groups -OCH3 is 2. The van der Waals surface area contributed by atoms with E-state index in [0.29, 0.717) is 22.3 Å². The first-order chi connectivity index (χ1) is 19.9. The molecule has 12 nitrogen and oxygen atoms in total. The van der Waals surface area contributed by atoms with Crippen molar-refractivity contribution < 1.29 is 35.9 Å². The van der Waals surface area contributed by atoms with Gasteiger partial charge < -0.3 is 20.9 Å². The highest BCUT2D eigenvalue weighted by molar-refractivity contribution is 7.93. The quantitative estimate of drug-likeness (QED) is 0.244. The van der Waals surface area contributed by atoms with E-state index in [1.54, 1.807) is 24.3 Å². The van der Waals surface area contributed by atoms with E-state index in [-0.39, 0.29) is 21.2 Å². The summed E-state index contributed by atoms with van der Waals surface area (Å²) < 4.78 is 67.2. The topological polar surface area (TPSA) is 179 Å². The zero-order valence-electron chi connectivity index (χ0n) is 22.6. The van der Waals surface area contributed by atoms with Crippen LogP contribution in [0.15, 0.2) is 94.7 Å². The van der Waals surface area contributed by atoms with Crippen LogP contribution >= 0.6 is 0 Å². The minimum absolute atomic E-state index is 0.0443. The standard InChI is InChI=1S/C28H28N4O8S2/c1-39-21-7-11-23(12-8-21)41(35,36)31(17-27(29)33)20-15-19-5-3-4-6-25(19)26(16-20)32(18-28(30)34)42(37,38)24-13-9-22(40-2)10-14-24/h3-16H,17-18H2,1-2H3,(H2,29,33)(H2,30,34). The molecule has 0 atom stereocenters. The molecule has 4 N–H and O–H groups in total. The van der Waals surface area contributed by atoms with Crippen LogP contribution in [0, 0.1) is 0 Å². The molecule has 220 valence electrons. The maximum absolute atomic E-state index is 13.9. The zero-order chi connectivity index (χ0) is 30.7. The molecular weight excluding hydrogens is 584 g/mol. The Bertz CT molecular complexity index is 1840. The predicted octanol–water partition coefficient (Wildman–Crippen LogP) is 2.22. The van der Waals surface area contributed by atoms with Gasteiger partial charge in [-0.25, -0.2) is 16.8 Å². The highest BCUT2D eigenvalue weighted by Gasteiger charge is 2.31. The second-order valence-electron chi connectivity index (χ2n) is 8.99. The van der Waals surface area contributed by atoms with Gasteiger partial charge >= 0.3 is 0 Å². The fourth-order valence-electron chi connectivity index (χ4n) is 4.27. The van der Waals surface area contributed by atoms with Crippen molar-refractivity contribution in [1.82, 2.24) is 0 Å². The summed E-state index contributed by atoms with van der Waals surface area (Å²) in [4.78, 5) is 23.9. The highest BCUT2D eigenvalue weighted by Crippen LogP contribution is 2.37. The van der Waals surface area contributed by atoms with Crippen molar-refractivity contribution in [3.63, 3.8) is 0 Å². The van der Waals surface area contributed by atoms with E-state index in [0.717, 1.165) is 8.61 Å². The van der Waals surface area contributed by atoms with Crippen LogP contribution in [0.3, 0.4) is 0 Å². The van der Waals surface area contributed by atoms with Crippen LogP contribution in [-0.2, 0) is 29.6 Å². The van der Waals surface area contributed by atoms with Gasteiger partial charge in [-0.2, -0.15) is 0 Å². The number of fused-ring (bicyclic) bond motifs is 1. The number of hydrogen-bond acceptors (Lipinski definition) is 8. The fourth-order valence-corrected chi connectivity index (χ4v) is 7.13. The predicted molar refractivity (Wildman–Crippen MR) is 157 cm³/mol. The number of primary amides is 2. The monoisotopic (exact) mass is 612 g/mol. The Hall–Kier alpha value is -4.82. The van der Waals surface area contributed by atoms with Gasteiger partial charge in [-0.3, -0.25) is 18.2 Å². The average molecular weight is 613 g/mol. The molecule has 0 fully saturated rings. The Morgan fingerprint density at radius 3 is 1.60 bits per heavy atom. The first-order valence-corrected chi connectivity index (χ1v) is 15.2. The number of rotatable bonds is 12. The number of nitrogens with two attached hydrogens (primary N) is 2. The summed E-state index contributed by atoms with van der Waals surface area (Å²) in [6.07, 6.45) is 0. The van der Waals surface area contributed by atoms with E-state index in [4.69, 9.17) is 20.9 Å². The van der Waals surface area contributed by atoms with Gasteiger partial charge in [0.05, 0.1) is 35.4 Å². The van der Waals surface area contributed by atoms with Gasteiger partial charge in [0.15, 0.2) is 0 Å². The molecule has 0 heterocycles. The lowest BCUT2D eigenvalue weighted by atomic mass is 10.1. The summed E-state index contributed by atoms with van der Waals surface area (Å²) in [6, 6.07) is 20.3. The molecule has 0 radical (unpaired) electrons. The number of hydrogen-bond donors (Lipinski definition) is 2. The van der Waals surface area contributed by atoms with Crippen molar-refractivity contribution in [2.45, 2.75) is 9.79 Å². The maximum atomic E-state index is 13.9. The average Bonchev–Trinajstić information content (AvgIpc) is 2.98. The smallest absolute Gasteiger partial charge is 0.264 e. The van der Waals surface area contributed by atoms with Gasteiger partial charge in [0.2, 0.25) is 11.8 Å².